The van der Waals surface area contributed by atoms with Crippen molar-refractivity contribution in [2.24, 2.45) is 0 Å². The first-order valence-corrected chi connectivity index (χ1v) is 6.45. The van der Waals surface area contributed by atoms with Crippen molar-refractivity contribution in [3.05, 3.63) is 60.6 Å². The molecule has 1 aromatic heterocycles. The SMILES string of the molecule is C=Cc1nc(C)c(-c2ccccc2)nc1C=C.CC. The molecular formula is C17H20N2. The predicted molar refractivity (Wildman–Crippen MR) is 83.7 cm³/mol. The number of benzene rings is 1. The van der Waals surface area contributed by atoms with Crippen LogP contribution in [0.25, 0.3) is 23.4 Å². The summed E-state index contributed by atoms with van der Waals surface area (Å²) in [6.07, 6.45) is 3.40. The molecule has 0 amide bonds. The van der Waals surface area contributed by atoms with E-state index in [-0.39, 0.29) is 0 Å². The molecule has 0 N–H and O–H groups in total. The molecule has 1 aromatic carbocycles. The zero-order valence-electron chi connectivity index (χ0n) is 11.9. The normalized spacial score (nSPS) is 9.21. The third kappa shape index (κ3) is 3.38. The van der Waals surface area contributed by atoms with Crippen molar-refractivity contribution >= 4 is 12.2 Å². The molecule has 0 bridgehead atoms. The second-order valence-electron chi connectivity index (χ2n) is 3.70. The minimum Gasteiger partial charge on any atom is -0.249 e. The number of aromatic nitrogens is 2. The Balaban J connectivity index is 0.000000861. The van der Waals surface area contributed by atoms with E-state index in [9.17, 15) is 0 Å². The minimum atomic E-state index is 0.768. The highest BCUT2D eigenvalue weighted by molar-refractivity contribution is 5.66. The highest BCUT2D eigenvalue weighted by atomic mass is 14.8. The maximum atomic E-state index is 4.58. The maximum Gasteiger partial charge on any atom is 0.0922 e. The number of aryl methyl sites for hydroxylation is 1. The molecule has 2 nitrogen and oxygen atoms in total. The van der Waals surface area contributed by atoms with Gasteiger partial charge < -0.3 is 0 Å². The van der Waals surface area contributed by atoms with E-state index < -0.39 is 0 Å². The van der Waals surface area contributed by atoms with E-state index >= 15 is 0 Å². The Kier molecular flexibility index (Phi) is 5.68. The molecular weight excluding hydrogens is 232 g/mol. The van der Waals surface area contributed by atoms with Gasteiger partial charge in [-0.05, 0) is 19.1 Å². The van der Waals surface area contributed by atoms with Crippen LogP contribution < -0.4 is 0 Å². The summed E-state index contributed by atoms with van der Waals surface area (Å²) in [5, 5.41) is 0. The summed E-state index contributed by atoms with van der Waals surface area (Å²) in [6.45, 7) is 13.4. The highest BCUT2D eigenvalue weighted by Gasteiger charge is 2.08. The van der Waals surface area contributed by atoms with E-state index in [2.05, 4.69) is 23.1 Å². The van der Waals surface area contributed by atoms with Gasteiger partial charge in [-0.1, -0.05) is 57.3 Å². The smallest absolute Gasteiger partial charge is 0.0922 e. The van der Waals surface area contributed by atoms with Crippen molar-refractivity contribution in [2.75, 3.05) is 0 Å². The van der Waals surface area contributed by atoms with E-state index in [1.807, 2.05) is 51.1 Å². The second kappa shape index (κ2) is 7.27. The third-order valence-electron chi connectivity index (χ3n) is 2.56. The van der Waals surface area contributed by atoms with Crippen LogP contribution in [0.3, 0.4) is 0 Å². The summed E-state index contributed by atoms with van der Waals surface area (Å²) in [6, 6.07) is 10.0. The maximum absolute atomic E-state index is 4.58. The zero-order valence-corrected chi connectivity index (χ0v) is 11.9. The van der Waals surface area contributed by atoms with Gasteiger partial charge in [-0.2, -0.15) is 0 Å². The van der Waals surface area contributed by atoms with Crippen LogP contribution in [0.5, 0.6) is 0 Å². The zero-order chi connectivity index (χ0) is 14.3. The Labute approximate surface area is 115 Å². The number of rotatable bonds is 3. The molecule has 0 fully saturated rings. The molecule has 19 heavy (non-hydrogen) atoms. The molecule has 0 aliphatic carbocycles. The first-order valence-electron chi connectivity index (χ1n) is 6.45. The molecule has 2 aromatic rings. The van der Waals surface area contributed by atoms with Crippen LogP contribution in [0.2, 0.25) is 0 Å². The van der Waals surface area contributed by atoms with Crippen LogP contribution in [0.1, 0.15) is 30.9 Å². The van der Waals surface area contributed by atoms with Gasteiger partial charge in [0.25, 0.3) is 0 Å². The first kappa shape index (κ1) is 14.8. The molecule has 0 spiro atoms. The summed E-state index contributed by atoms with van der Waals surface area (Å²) in [4.78, 5) is 9.07. The Bertz CT molecular complexity index is 557. The average Bonchev–Trinajstić information content (AvgIpc) is 2.49. The van der Waals surface area contributed by atoms with Crippen LogP contribution in [0.4, 0.5) is 0 Å². The molecule has 0 radical (unpaired) electrons. The Morgan fingerprint density at radius 2 is 1.42 bits per heavy atom. The van der Waals surface area contributed by atoms with Gasteiger partial charge in [0.1, 0.15) is 0 Å². The lowest BCUT2D eigenvalue weighted by molar-refractivity contribution is 1.09. The molecule has 0 unspecified atom stereocenters. The predicted octanol–water partition coefficient (Wildman–Crippen LogP) is 4.76. The quantitative estimate of drug-likeness (QED) is 0.786. The van der Waals surface area contributed by atoms with E-state index in [0.717, 1.165) is 28.3 Å². The highest BCUT2D eigenvalue weighted by Crippen LogP contribution is 2.21. The lowest BCUT2D eigenvalue weighted by atomic mass is 10.1. The van der Waals surface area contributed by atoms with Crippen LogP contribution in [-0.4, -0.2) is 9.97 Å². The van der Waals surface area contributed by atoms with Crippen LogP contribution >= 0.6 is 0 Å². The minimum absolute atomic E-state index is 0.768. The molecule has 0 saturated carbocycles. The van der Waals surface area contributed by atoms with Crippen LogP contribution in [0, 0.1) is 6.92 Å². The molecule has 0 aliphatic rings. The number of hydrogen-bond donors (Lipinski definition) is 0. The van der Waals surface area contributed by atoms with Crippen molar-refractivity contribution in [3.63, 3.8) is 0 Å². The van der Waals surface area contributed by atoms with Gasteiger partial charge in [-0.25, -0.2) is 9.97 Å². The summed E-state index contributed by atoms with van der Waals surface area (Å²) in [5.74, 6) is 0. The van der Waals surface area contributed by atoms with Gasteiger partial charge in [0.2, 0.25) is 0 Å². The van der Waals surface area contributed by atoms with Gasteiger partial charge in [-0.3, -0.25) is 0 Å². The van der Waals surface area contributed by atoms with Gasteiger partial charge in [0.15, 0.2) is 0 Å². The summed E-state index contributed by atoms with van der Waals surface area (Å²) < 4.78 is 0. The van der Waals surface area contributed by atoms with Crippen LogP contribution in [0.15, 0.2) is 43.5 Å². The monoisotopic (exact) mass is 252 g/mol. The standard InChI is InChI=1S/C15H14N2.C2H6/c1-4-13-14(5-2)17-15(11(3)16-13)12-9-7-6-8-10-12;1-2/h4-10H,1-2H2,3H3;1-2H3. The number of nitrogens with zero attached hydrogens (tertiary/aromatic N) is 2. The van der Waals surface area contributed by atoms with E-state index in [0.29, 0.717) is 0 Å². The summed E-state index contributed by atoms with van der Waals surface area (Å²) >= 11 is 0. The second-order valence-corrected chi connectivity index (χ2v) is 3.70. The third-order valence-corrected chi connectivity index (χ3v) is 2.56. The molecule has 1 heterocycles. The Morgan fingerprint density at radius 1 is 0.895 bits per heavy atom. The van der Waals surface area contributed by atoms with Crippen molar-refractivity contribution < 1.29 is 0 Å². The first-order chi connectivity index (χ1) is 9.26. The lowest BCUT2D eigenvalue weighted by Crippen LogP contribution is -1.99. The van der Waals surface area contributed by atoms with Crippen LogP contribution in [-0.2, 0) is 0 Å². The molecule has 0 saturated heterocycles. The Hall–Kier alpha value is -2.22. The van der Waals surface area contributed by atoms with Crippen molar-refractivity contribution in [1.82, 2.24) is 9.97 Å². The average molecular weight is 252 g/mol. The Morgan fingerprint density at radius 3 is 1.95 bits per heavy atom. The van der Waals surface area contributed by atoms with Crippen molar-refractivity contribution in [2.45, 2.75) is 20.8 Å². The lowest BCUT2D eigenvalue weighted by Gasteiger charge is -2.08. The molecule has 2 rings (SSSR count). The molecule has 98 valence electrons. The largest absolute Gasteiger partial charge is 0.249 e. The molecule has 0 aliphatic heterocycles. The van der Waals surface area contributed by atoms with Gasteiger partial charge in [0, 0.05) is 5.56 Å². The summed E-state index contributed by atoms with van der Waals surface area (Å²) in [7, 11) is 0. The van der Waals surface area contributed by atoms with Gasteiger partial charge in [-0.15, -0.1) is 0 Å². The fourth-order valence-corrected chi connectivity index (χ4v) is 1.72. The number of hydrogen-bond acceptors (Lipinski definition) is 2. The van der Waals surface area contributed by atoms with E-state index in [1.165, 1.54) is 0 Å². The van der Waals surface area contributed by atoms with Crippen molar-refractivity contribution in [3.8, 4) is 11.3 Å². The van der Waals surface area contributed by atoms with E-state index in [4.69, 9.17) is 0 Å². The summed E-state index contributed by atoms with van der Waals surface area (Å²) in [5.41, 5.74) is 4.40. The molecule has 0 atom stereocenters. The fourth-order valence-electron chi connectivity index (χ4n) is 1.72. The fraction of sp³-hybridized carbons (Fsp3) is 0.176. The molecule has 2 heteroatoms. The topological polar surface area (TPSA) is 25.8 Å². The van der Waals surface area contributed by atoms with Gasteiger partial charge >= 0.3 is 0 Å². The van der Waals surface area contributed by atoms with Crippen molar-refractivity contribution in [1.29, 1.82) is 0 Å². The van der Waals surface area contributed by atoms with Gasteiger partial charge in [0.05, 0.1) is 22.8 Å². The van der Waals surface area contributed by atoms with E-state index in [1.54, 1.807) is 12.2 Å².